The van der Waals surface area contributed by atoms with Gasteiger partial charge in [-0.15, -0.1) is 11.3 Å². The summed E-state index contributed by atoms with van der Waals surface area (Å²) in [5.74, 6) is -0.430. The fourth-order valence-electron chi connectivity index (χ4n) is 1.37. The Labute approximate surface area is 108 Å². The molecule has 0 saturated heterocycles. The van der Waals surface area contributed by atoms with Crippen molar-refractivity contribution >= 4 is 32.2 Å². The molecule has 0 spiro atoms. The maximum atomic E-state index is 12.9. The van der Waals surface area contributed by atoms with Gasteiger partial charge in [-0.1, -0.05) is 0 Å². The molecule has 2 aromatic rings. The zero-order valence-corrected chi connectivity index (χ0v) is 11.0. The number of halogens is 1. The van der Waals surface area contributed by atoms with Gasteiger partial charge in [-0.2, -0.15) is 0 Å². The number of nitrogens with two attached hydrogens (primary N) is 1. The molecule has 0 amide bonds. The molecule has 0 aliphatic rings. The van der Waals surface area contributed by atoms with Crippen molar-refractivity contribution < 1.29 is 12.8 Å². The normalized spacial score (nSPS) is 11.4. The number of rotatable bonds is 3. The summed E-state index contributed by atoms with van der Waals surface area (Å²) in [5, 5.41) is 1.90. The van der Waals surface area contributed by atoms with Crippen molar-refractivity contribution in [1.82, 2.24) is 4.98 Å². The van der Waals surface area contributed by atoms with Gasteiger partial charge >= 0.3 is 0 Å². The molecule has 0 aliphatic heterocycles. The first-order valence-corrected chi connectivity index (χ1v) is 7.61. The summed E-state index contributed by atoms with van der Waals surface area (Å²) in [7, 11) is -3.36. The maximum Gasteiger partial charge on any atom is 0.231 e. The van der Waals surface area contributed by atoms with Crippen LogP contribution in [0.3, 0.4) is 0 Å². The summed E-state index contributed by atoms with van der Waals surface area (Å²) in [6.07, 6.45) is 1.04. The van der Waals surface area contributed by atoms with E-state index in [-0.39, 0.29) is 10.8 Å². The molecule has 1 aromatic heterocycles. The largest absolute Gasteiger partial charge is 0.398 e. The Morgan fingerprint density at radius 3 is 2.78 bits per heavy atom. The molecule has 1 heterocycles. The molecule has 1 aromatic carbocycles. The van der Waals surface area contributed by atoms with Crippen LogP contribution >= 0.6 is 11.3 Å². The Morgan fingerprint density at radius 2 is 2.17 bits per heavy atom. The number of benzene rings is 1. The summed E-state index contributed by atoms with van der Waals surface area (Å²) < 4.78 is 37.2. The third-order valence-corrected chi connectivity index (χ3v) is 3.52. The zero-order valence-electron chi connectivity index (χ0n) is 9.34. The lowest BCUT2D eigenvalue weighted by Crippen LogP contribution is -2.09. The Morgan fingerprint density at radius 1 is 1.44 bits per heavy atom. The highest BCUT2D eigenvalue weighted by molar-refractivity contribution is 7.92. The van der Waals surface area contributed by atoms with E-state index in [9.17, 15) is 12.8 Å². The van der Waals surface area contributed by atoms with E-state index in [0.29, 0.717) is 11.3 Å². The van der Waals surface area contributed by atoms with Gasteiger partial charge in [0, 0.05) is 16.6 Å². The van der Waals surface area contributed by atoms with Gasteiger partial charge in [0.1, 0.15) is 5.82 Å². The monoisotopic (exact) mass is 287 g/mol. The molecule has 0 fully saturated rings. The van der Waals surface area contributed by atoms with Crippen molar-refractivity contribution in [3.63, 3.8) is 0 Å². The molecule has 18 heavy (non-hydrogen) atoms. The molecule has 0 bridgehead atoms. The van der Waals surface area contributed by atoms with Crippen LogP contribution in [0.4, 0.5) is 15.2 Å². The van der Waals surface area contributed by atoms with Crippen LogP contribution in [0.2, 0.25) is 0 Å². The molecule has 0 unspecified atom stereocenters. The highest BCUT2D eigenvalue weighted by Gasteiger charge is 2.10. The van der Waals surface area contributed by atoms with Gasteiger partial charge < -0.3 is 5.73 Å². The second-order valence-corrected chi connectivity index (χ2v) is 6.25. The van der Waals surface area contributed by atoms with Crippen LogP contribution in [0, 0.1) is 5.82 Å². The van der Waals surface area contributed by atoms with Crippen molar-refractivity contribution in [1.29, 1.82) is 0 Å². The van der Waals surface area contributed by atoms with Crippen LogP contribution in [-0.2, 0) is 10.0 Å². The number of hydrogen-bond donors (Lipinski definition) is 2. The third-order valence-electron chi connectivity index (χ3n) is 2.07. The highest BCUT2D eigenvalue weighted by Crippen LogP contribution is 2.29. The average molecular weight is 287 g/mol. The lowest BCUT2D eigenvalue weighted by atomic mass is 10.1. The molecular weight excluding hydrogens is 277 g/mol. The molecule has 3 N–H and O–H groups in total. The Hall–Kier alpha value is -1.67. The quantitative estimate of drug-likeness (QED) is 0.844. The number of anilines is 2. The van der Waals surface area contributed by atoms with Crippen LogP contribution in [0.5, 0.6) is 0 Å². The van der Waals surface area contributed by atoms with E-state index >= 15 is 0 Å². The second-order valence-electron chi connectivity index (χ2n) is 3.64. The molecule has 0 atom stereocenters. The predicted octanol–water partition coefficient (Wildman–Crippen LogP) is 1.90. The lowest BCUT2D eigenvalue weighted by Gasteiger charge is -2.02. The number of nitrogen functional groups attached to an aromatic ring is 1. The van der Waals surface area contributed by atoms with Gasteiger partial charge in [-0.3, -0.25) is 4.72 Å². The van der Waals surface area contributed by atoms with Gasteiger partial charge in [0.2, 0.25) is 10.0 Å². The predicted molar refractivity (Wildman–Crippen MR) is 70.4 cm³/mol. The van der Waals surface area contributed by atoms with Gasteiger partial charge in [0.25, 0.3) is 0 Å². The molecular formula is C10H10FN3O2S2. The molecule has 96 valence electrons. The minimum absolute atomic E-state index is 0.247. The number of aromatic nitrogens is 1. The average Bonchev–Trinajstić information content (AvgIpc) is 2.63. The maximum absolute atomic E-state index is 12.9. The van der Waals surface area contributed by atoms with Crippen LogP contribution in [-0.4, -0.2) is 19.7 Å². The van der Waals surface area contributed by atoms with E-state index in [1.165, 1.54) is 18.2 Å². The van der Waals surface area contributed by atoms with Gasteiger partial charge in [0.05, 0.1) is 11.9 Å². The van der Waals surface area contributed by atoms with Crippen LogP contribution < -0.4 is 10.5 Å². The third kappa shape index (κ3) is 2.96. The molecule has 5 nitrogen and oxygen atoms in total. The number of sulfonamides is 1. The van der Waals surface area contributed by atoms with Gasteiger partial charge in [0.15, 0.2) is 5.13 Å². The number of hydrogen-bond acceptors (Lipinski definition) is 5. The Kier molecular flexibility index (Phi) is 3.22. The Balaban J connectivity index is 2.35. The number of thiazole rings is 1. The second kappa shape index (κ2) is 4.54. The minimum atomic E-state index is -3.36. The standard InChI is InChI=1S/C10H10FN3O2S2/c1-18(15,16)14-10-13-9(5-17-10)7-3-2-6(11)4-8(7)12/h2-5H,12H2,1H3,(H,13,14). The van der Waals surface area contributed by atoms with Crippen molar-refractivity contribution in [2.75, 3.05) is 16.7 Å². The Bertz CT molecular complexity index is 682. The molecule has 0 aliphatic carbocycles. The van der Waals surface area contributed by atoms with Crippen molar-refractivity contribution in [3.8, 4) is 11.3 Å². The smallest absolute Gasteiger partial charge is 0.231 e. The topological polar surface area (TPSA) is 85.1 Å². The summed E-state index contributed by atoms with van der Waals surface area (Å²) in [6, 6.07) is 3.97. The minimum Gasteiger partial charge on any atom is -0.398 e. The zero-order chi connectivity index (χ0) is 13.3. The molecule has 2 rings (SSSR count). The number of nitrogens with one attached hydrogen (secondary N) is 1. The van der Waals surface area contributed by atoms with Crippen LogP contribution in [0.1, 0.15) is 0 Å². The van der Waals surface area contributed by atoms with Gasteiger partial charge in [-0.25, -0.2) is 17.8 Å². The first-order chi connectivity index (χ1) is 8.35. The highest BCUT2D eigenvalue weighted by atomic mass is 32.2. The number of nitrogens with zero attached hydrogens (tertiary/aromatic N) is 1. The lowest BCUT2D eigenvalue weighted by molar-refractivity contribution is 0.607. The fraction of sp³-hybridized carbons (Fsp3) is 0.100. The molecule has 8 heteroatoms. The van der Waals surface area contributed by atoms with Crippen LogP contribution in [0.25, 0.3) is 11.3 Å². The van der Waals surface area contributed by atoms with Crippen molar-refractivity contribution in [3.05, 3.63) is 29.4 Å². The fourth-order valence-corrected chi connectivity index (χ4v) is 2.93. The first-order valence-electron chi connectivity index (χ1n) is 4.84. The van der Waals surface area contributed by atoms with E-state index in [1.54, 1.807) is 5.38 Å². The van der Waals surface area contributed by atoms with Crippen molar-refractivity contribution in [2.45, 2.75) is 0 Å². The summed E-state index contributed by atoms with van der Waals surface area (Å²) in [4.78, 5) is 4.08. The summed E-state index contributed by atoms with van der Waals surface area (Å²) in [6.45, 7) is 0. The van der Waals surface area contributed by atoms with Gasteiger partial charge in [-0.05, 0) is 18.2 Å². The molecule has 0 radical (unpaired) electrons. The van der Waals surface area contributed by atoms with E-state index in [1.807, 2.05) is 0 Å². The van der Waals surface area contributed by atoms with Crippen LogP contribution in [0.15, 0.2) is 23.6 Å². The summed E-state index contributed by atoms with van der Waals surface area (Å²) >= 11 is 1.13. The first kappa shape index (κ1) is 12.8. The van der Waals surface area contributed by atoms with Crippen molar-refractivity contribution in [2.24, 2.45) is 0 Å². The van der Waals surface area contributed by atoms with E-state index < -0.39 is 15.8 Å². The van der Waals surface area contributed by atoms with E-state index in [0.717, 1.165) is 17.6 Å². The summed E-state index contributed by atoms with van der Waals surface area (Å²) in [5.41, 5.74) is 7.00. The molecule has 0 saturated carbocycles. The van der Waals surface area contributed by atoms with E-state index in [2.05, 4.69) is 9.71 Å². The SMILES string of the molecule is CS(=O)(=O)Nc1nc(-c2ccc(F)cc2N)cs1. The van der Waals surface area contributed by atoms with E-state index in [4.69, 9.17) is 5.73 Å².